The van der Waals surface area contributed by atoms with Crippen LogP contribution in [0.25, 0.3) is 0 Å². The van der Waals surface area contributed by atoms with Gasteiger partial charge in [-0.1, -0.05) is 29.3 Å². The minimum Gasteiger partial charge on any atom is -0.487 e. The van der Waals surface area contributed by atoms with Gasteiger partial charge in [-0.3, -0.25) is 14.4 Å². The summed E-state index contributed by atoms with van der Waals surface area (Å²) in [5.41, 5.74) is -2.79. The van der Waals surface area contributed by atoms with Gasteiger partial charge in [0.1, 0.15) is 23.6 Å². The zero-order valence-electron chi connectivity index (χ0n) is 22.3. The van der Waals surface area contributed by atoms with Crippen molar-refractivity contribution in [1.29, 1.82) is 0 Å². The summed E-state index contributed by atoms with van der Waals surface area (Å²) < 4.78 is 83.4. The first-order valence-corrected chi connectivity index (χ1v) is 13.0. The molecule has 7 nitrogen and oxygen atoms in total. The van der Waals surface area contributed by atoms with Crippen molar-refractivity contribution in [3.63, 3.8) is 0 Å². The number of nitrogens with one attached hydrogen (secondary N) is 3. The molecule has 0 saturated carbocycles. The lowest BCUT2D eigenvalue weighted by molar-refractivity contribution is -0.211. The Morgan fingerprint density at radius 3 is 2.16 bits per heavy atom. The van der Waals surface area contributed by atoms with E-state index in [1.54, 1.807) is 0 Å². The number of anilines is 2. The van der Waals surface area contributed by atoms with Gasteiger partial charge in [-0.15, -0.1) is 0 Å². The molecule has 0 atom stereocenters. The maximum Gasteiger partial charge on any atom is 0.402 e. The second-order valence-electron chi connectivity index (χ2n) is 9.57. The van der Waals surface area contributed by atoms with Gasteiger partial charge in [0.25, 0.3) is 18.2 Å². The number of rotatable bonds is 10. The van der Waals surface area contributed by atoms with Crippen LogP contribution in [0.2, 0.25) is 10.0 Å². The van der Waals surface area contributed by atoms with Crippen LogP contribution in [0.15, 0.2) is 54.6 Å². The Morgan fingerprint density at radius 1 is 0.860 bits per heavy atom. The zero-order valence-corrected chi connectivity index (χ0v) is 23.9. The first-order valence-electron chi connectivity index (χ1n) is 12.3. The van der Waals surface area contributed by atoms with E-state index in [-0.39, 0.29) is 50.4 Å². The van der Waals surface area contributed by atoms with Crippen molar-refractivity contribution >= 4 is 52.3 Å². The van der Waals surface area contributed by atoms with Gasteiger partial charge in [0.2, 0.25) is 5.91 Å². The average Bonchev–Trinajstić information content (AvgIpc) is 2.92. The van der Waals surface area contributed by atoms with E-state index < -0.39 is 48.2 Å². The van der Waals surface area contributed by atoms with Crippen LogP contribution in [0.3, 0.4) is 0 Å². The lowest BCUT2D eigenvalue weighted by atomic mass is 9.91. The normalized spacial score (nSPS) is 11.7. The summed E-state index contributed by atoms with van der Waals surface area (Å²) in [6.45, 7) is 0.0793. The summed E-state index contributed by atoms with van der Waals surface area (Å²) in [7, 11) is 0. The summed E-state index contributed by atoms with van der Waals surface area (Å²) in [6.07, 6.45) is -7.65. The molecule has 3 aromatic rings. The molecule has 0 heterocycles. The Balaban J connectivity index is 1.83. The summed E-state index contributed by atoms with van der Waals surface area (Å²) in [5, 5.41) is 6.90. The predicted molar refractivity (Wildman–Crippen MR) is 148 cm³/mol. The SMILES string of the molecule is CC(C)(C(=O)NCc1ccc(Cl)c(C(=O)Nc2ccc(OCC(F)F)c(C(=O)Nc3ccc(F)cc3Cl)c2)c1)C(F)(F)F. The Hall–Kier alpha value is -3.97. The van der Waals surface area contributed by atoms with Crippen LogP contribution in [0.4, 0.5) is 37.7 Å². The van der Waals surface area contributed by atoms with E-state index in [1.165, 1.54) is 30.3 Å². The van der Waals surface area contributed by atoms with E-state index in [4.69, 9.17) is 27.9 Å². The van der Waals surface area contributed by atoms with E-state index in [9.17, 15) is 40.7 Å². The standard InChI is InChI=1S/C28H23Cl2F6N3O4/c1-27(2,28(34,35)36)26(42)37-12-14-3-6-19(29)17(9-14)24(40)38-16-5-8-22(43-13-23(32)33)18(11-16)25(41)39-21-7-4-15(31)10-20(21)30/h3-11,23H,12-13H2,1-2H3,(H,37,42)(H,38,40)(H,39,41). The molecule has 0 radical (unpaired) electrons. The molecule has 0 aliphatic heterocycles. The van der Waals surface area contributed by atoms with Crippen LogP contribution >= 0.6 is 23.2 Å². The van der Waals surface area contributed by atoms with E-state index in [2.05, 4.69) is 16.0 Å². The van der Waals surface area contributed by atoms with E-state index in [1.807, 2.05) is 0 Å². The number of benzene rings is 3. The van der Waals surface area contributed by atoms with Crippen molar-refractivity contribution in [2.24, 2.45) is 5.41 Å². The number of alkyl halides is 5. The van der Waals surface area contributed by atoms with Gasteiger partial charge in [0.05, 0.1) is 26.9 Å². The molecule has 15 heteroatoms. The molecule has 0 aliphatic carbocycles. The van der Waals surface area contributed by atoms with Gasteiger partial charge in [-0.05, 0) is 67.9 Å². The van der Waals surface area contributed by atoms with Gasteiger partial charge < -0.3 is 20.7 Å². The summed E-state index contributed by atoms with van der Waals surface area (Å²) in [5.74, 6) is -3.88. The molecule has 3 N–H and O–H groups in total. The van der Waals surface area contributed by atoms with Crippen molar-refractivity contribution in [1.82, 2.24) is 5.32 Å². The maximum absolute atomic E-state index is 13.4. The molecule has 0 saturated heterocycles. The average molecular weight is 650 g/mol. The van der Waals surface area contributed by atoms with Gasteiger partial charge >= 0.3 is 6.18 Å². The maximum atomic E-state index is 13.4. The molecule has 0 unspecified atom stereocenters. The van der Waals surface area contributed by atoms with Crippen LogP contribution in [0.5, 0.6) is 5.75 Å². The van der Waals surface area contributed by atoms with Gasteiger partial charge in [0.15, 0.2) is 0 Å². The first kappa shape index (κ1) is 33.5. The predicted octanol–water partition coefficient (Wildman–Crippen LogP) is 7.49. The lowest BCUT2D eigenvalue weighted by Crippen LogP contribution is -2.46. The molecule has 3 aromatic carbocycles. The van der Waals surface area contributed by atoms with Gasteiger partial charge in [-0.25, -0.2) is 13.2 Å². The topological polar surface area (TPSA) is 96.5 Å². The number of hydrogen-bond donors (Lipinski definition) is 3. The first-order chi connectivity index (χ1) is 20.0. The summed E-state index contributed by atoms with van der Waals surface area (Å²) >= 11 is 12.1. The highest BCUT2D eigenvalue weighted by molar-refractivity contribution is 6.34. The van der Waals surface area contributed by atoms with Crippen molar-refractivity contribution in [2.75, 3.05) is 17.2 Å². The Bertz CT molecular complexity index is 1530. The third-order valence-corrected chi connectivity index (χ3v) is 6.67. The monoisotopic (exact) mass is 649 g/mol. The molecule has 0 spiro atoms. The highest BCUT2D eigenvalue weighted by Gasteiger charge is 2.52. The fourth-order valence-corrected chi connectivity index (χ4v) is 3.85. The van der Waals surface area contributed by atoms with Crippen LogP contribution in [0.1, 0.15) is 40.1 Å². The Morgan fingerprint density at radius 2 is 1.53 bits per heavy atom. The molecule has 230 valence electrons. The summed E-state index contributed by atoms with van der Waals surface area (Å²) in [6, 6.07) is 10.7. The van der Waals surface area contributed by atoms with E-state index in [0.29, 0.717) is 0 Å². The highest BCUT2D eigenvalue weighted by atomic mass is 35.5. The third-order valence-electron chi connectivity index (χ3n) is 6.03. The molecule has 0 bridgehead atoms. The molecule has 0 aromatic heterocycles. The van der Waals surface area contributed by atoms with Crippen molar-refractivity contribution in [2.45, 2.75) is 33.0 Å². The van der Waals surface area contributed by atoms with Crippen LogP contribution in [-0.4, -0.2) is 36.9 Å². The molecule has 3 amide bonds. The quantitative estimate of drug-likeness (QED) is 0.198. The van der Waals surface area contributed by atoms with Crippen LogP contribution in [-0.2, 0) is 11.3 Å². The Kier molecular flexibility index (Phi) is 10.6. The number of amides is 3. The Labute approximate surface area is 251 Å². The number of halogens is 8. The molecule has 3 rings (SSSR count). The van der Waals surface area contributed by atoms with Crippen LogP contribution < -0.4 is 20.7 Å². The number of hydrogen-bond acceptors (Lipinski definition) is 4. The fourth-order valence-electron chi connectivity index (χ4n) is 3.43. The second kappa shape index (κ2) is 13.6. The van der Waals surface area contributed by atoms with E-state index in [0.717, 1.165) is 38.1 Å². The molecule has 43 heavy (non-hydrogen) atoms. The van der Waals surface area contributed by atoms with Crippen molar-refractivity contribution < 1.29 is 45.5 Å². The van der Waals surface area contributed by atoms with Crippen molar-refractivity contribution in [3.05, 3.63) is 87.2 Å². The molecular formula is C28H23Cl2F6N3O4. The molecule has 0 fully saturated rings. The molecule has 0 aliphatic rings. The van der Waals surface area contributed by atoms with Gasteiger partial charge in [-0.2, -0.15) is 13.2 Å². The van der Waals surface area contributed by atoms with E-state index >= 15 is 0 Å². The second-order valence-corrected chi connectivity index (χ2v) is 10.4. The smallest absolute Gasteiger partial charge is 0.402 e. The summed E-state index contributed by atoms with van der Waals surface area (Å²) in [4.78, 5) is 38.2. The minimum absolute atomic E-state index is 0.00597. The minimum atomic E-state index is -4.79. The molecular weight excluding hydrogens is 627 g/mol. The number of carbonyl (C=O) groups is 3. The van der Waals surface area contributed by atoms with Crippen LogP contribution in [0, 0.1) is 11.2 Å². The lowest BCUT2D eigenvalue weighted by Gasteiger charge is -2.26. The third kappa shape index (κ3) is 8.54. The van der Waals surface area contributed by atoms with Gasteiger partial charge in [0, 0.05) is 12.2 Å². The number of ether oxygens (including phenoxy) is 1. The number of carbonyl (C=O) groups excluding carboxylic acids is 3. The van der Waals surface area contributed by atoms with Crippen molar-refractivity contribution in [3.8, 4) is 5.75 Å². The zero-order chi connectivity index (χ0) is 32.1. The highest BCUT2D eigenvalue weighted by Crippen LogP contribution is 2.37. The fraction of sp³-hybridized carbons (Fsp3) is 0.250. The largest absolute Gasteiger partial charge is 0.487 e.